The lowest BCUT2D eigenvalue weighted by Gasteiger charge is -2.23. The first kappa shape index (κ1) is 17.9. The zero-order chi connectivity index (χ0) is 14.5. The van der Waals surface area contributed by atoms with E-state index in [-0.39, 0.29) is 0 Å². The fraction of sp³-hybridized carbons (Fsp3) is 1.00. The Morgan fingerprint density at radius 1 is 0.700 bits per heavy atom. The summed E-state index contributed by atoms with van der Waals surface area (Å²) in [5, 5.41) is 22.1. The van der Waals surface area contributed by atoms with Crippen LogP contribution in [0, 0.1) is 0 Å². The largest absolute Gasteiger partial charge is 0.396 e. The SMILES string of the molecule is OCCCCCCCCCCCCNC1(O)CCCC1. The lowest BCUT2D eigenvalue weighted by molar-refractivity contribution is 0.0123. The number of hydrogen-bond acceptors (Lipinski definition) is 3. The predicted molar refractivity (Wildman–Crippen MR) is 84.7 cm³/mol. The van der Waals surface area contributed by atoms with Gasteiger partial charge in [-0.1, -0.05) is 51.4 Å². The normalized spacial score (nSPS) is 17.7. The molecule has 0 unspecified atom stereocenters. The Kier molecular flexibility index (Phi) is 10.3. The van der Waals surface area contributed by atoms with Crippen LogP contribution in [0.3, 0.4) is 0 Å². The Morgan fingerprint density at radius 3 is 1.65 bits per heavy atom. The Hall–Kier alpha value is -0.120. The number of aliphatic hydroxyl groups excluding tert-OH is 1. The van der Waals surface area contributed by atoms with Crippen molar-refractivity contribution in [3.63, 3.8) is 0 Å². The van der Waals surface area contributed by atoms with Gasteiger partial charge in [-0.3, -0.25) is 5.32 Å². The maximum absolute atomic E-state index is 10.1. The number of aliphatic hydroxyl groups is 2. The lowest BCUT2D eigenvalue weighted by Crippen LogP contribution is -2.42. The van der Waals surface area contributed by atoms with E-state index in [9.17, 15) is 5.11 Å². The molecule has 0 radical (unpaired) electrons. The lowest BCUT2D eigenvalue weighted by atomic mass is 10.1. The molecule has 0 amide bonds. The summed E-state index contributed by atoms with van der Waals surface area (Å²) in [6.45, 7) is 1.32. The minimum absolute atomic E-state index is 0.350. The predicted octanol–water partition coefficient (Wildman–Crippen LogP) is 3.73. The monoisotopic (exact) mass is 285 g/mol. The minimum atomic E-state index is -0.533. The van der Waals surface area contributed by atoms with Gasteiger partial charge < -0.3 is 10.2 Å². The van der Waals surface area contributed by atoms with E-state index >= 15 is 0 Å². The number of hydrogen-bond donors (Lipinski definition) is 3. The van der Waals surface area contributed by atoms with Gasteiger partial charge in [0.2, 0.25) is 0 Å². The molecule has 1 fully saturated rings. The molecular formula is C17H35NO2. The van der Waals surface area contributed by atoms with E-state index in [1.165, 1.54) is 70.6 Å². The van der Waals surface area contributed by atoms with Crippen LogP contribution in [0.4, 0.5) is 0 Å². The minimum Gasteiger partial charge on any atom is -0.396 e. The first-order valence-corrected chi connectivity index (χ1v) is 8.85. The van der Waals surface area contributed by atoms with Crippen molar-refractivity contribution >= 4 is 0 Å². The van der Waals surface area contributed by atoms with Crippen LogP contribution in [-0.4, -0.2) is 29.1 Å². The Labute approximate surface area is 125 Å². The summed E-state index contributed by atoms with van der Waals surface area (Å²) in [4.78, 5) is 0. The highest BCUT2D eigenvalue weighted by Gasteiger charge is 2.29. The van der Waals surface area contributed by atoms with Gasteiger partial charge in [-0.2, -0.15) is 0 Å². The smallest absolute Gasteiger partial charge is 0.116 e. The van der Waals surface area contributed by atoms with Crippen molar-refractivity contribution in [1.82, 2.24) is 5.32 Å². The summed E-state index contributed by atoms with van der Waals surface area (Å²) in [5.74, 6) is 0. The van der Waals surface area contributed by atoms with Crippen molar-refractivity contribution in [2.75, 3.05) is 13.2 Å². The second-order valence-corrected chi connectivity index (χ2v) is 6.42. The molecule has 0 spiro atoms. The number of nitrogens with one attached hydrogen (secondary N) is 1. The van der Waals surface area contributed by atoms with Crippen molar-refractivity contribution in [2.24, 2.45) is 0 Å². The van der Waals surface area contributed by atoms with E-state index in [0.717, 1.165) is 25.8 Å². The molecule has 0 saturated heterocycles. The molecule has 0 aliphatic heterocycles. The third-order valence-corrected chi connectivity index (χ3v) is 4.47. The quantitative estimate of drug-likeness (QED) is 0.357. The van der Waals surface area contributed by atoms with Crippen LogP contribution >= 0.6 is 0 Å². The fourth-order valence-corrected chi connectivity index (χ4v) is 3.11. The van der Waals surface area contributed by atoms with Gasteiger partial charge in [0.15, 0.2) is 0 Å². The summed E-state index contributed by atoms with van der Waals surface area (Å²) in [7, 11) is 0. The molecule has 1 rings (SSSR count). The number of rotatable bonds is 13. The first-order valence-electron chi connectivity index (χ1n) is 8.85. The molecule has 0 heterocycles. The van der Waals surface area contributed by atoms with Crippen LogP contribution < -0.4 is 5.32 Å². The van der Waals surface area contributed by atoms with Crippen LogP contribution in [0.1, 0.15) is 89.9 Å². The van der Waals surface area contributed by atoms with Gasteiger partial charge in [0.05, 0.1) is 0 Å². The van der Waals surface area contributed by atoms with Crippen LogP contribution in [0.25, 0.3) is 0 Å². The summed E-state index contributed by atoms with van der Waals surface area (Å²) in [6.07, 6.45) is 16.8. The van der Waals surface area contributed by atoms with E-state index in [1.54, 1.807) is 0 Å². The van der Waals surface area contributed by atoms with E-state index < -0.39 is 5.72 Å². The molecule has 0 aromatic carbocycles. The molecule has 1 aliphatic rings. The molecule has 3 nitrogen and oxygen atoms in total. The highest BCUT2D eigenvalue weighted by molar-refractivity contribution is 4.81. The zero-order valence-corrected chi connectivity index (χ0v) is 13.2. The summed E-state index contributed by atoms with van der Waals surface area (Å²) >= 11 is 0. The zero-order valence-electron chi connectivity index (χ0n) is 13.2. The van der Waals surface area contributed by atoms with Gasteiger partial charge >= 0.3 is 0 Å². The topological polar surface area (TPSA) is 52.5 Å². The average molecular weight is 285 g/mol. The van der Waals surface area contributed by atoms with E-state index in [0.29, 0.717) is 6.61 Å². The van der Waals surface area contributed by atoms with Crippen molar-refractivity contribution in [1.29, 1.82) is 0 Å². The molecule has 0 bridgehead atoms. The van der Waals surface area contributed by atoms with Gasteiger partial charge in [0.1, 0.15) is 5.72 Å². The molecule has 0 aromatic rings. The van der Waals surface area contributed by atoms with Gasteiger partial charge in [-0.05, 0) is 45.1 Å². The van der Waals surface area contributed by atoms with Gasteiger partial charge in [-0.15, -0.1) is 0 Å². The van der Waals surface area contributed by atoms with Gasteiger partial charge in [0, 0.05) is 6.61 Å². The standard InChI is InChI=1S/C17H35NO2/c19-16-12-8-6-4-2-1-3-5-7-11-15-18-17(20)13-9-10-14-17/h18-20H,1-16H2. The van der Waals surface area contributed by atoms with Gasteiger partial charge in [-0.25, -0.2) is 0 Å². The number of unbranched alkanes of at least 4 members (excludes halogenated alkanes) is 9. The van der Waals surface area contributed by atoms with E-state index in [2.05, 4.69) is 5.32 Å². The second-order valence-electron chi connectivity index (χ2n) is 6.42. The molecule has 1 aliphatic carbocycles. The summed E-state index contributed by atoms with van der Waals surface area (Å²) in [5.41, 5.74) is -0.533. The molecule has 0 atom stereocenters. The van der Waals surface area contributed by atoms with Crippen LogP contribution in [-0.2, 0) is 0 Å². The van der Waals surface area contributed by atoms with E-state index in [1.807, 2.05) is 0 Å². The van der Waals surface area contributed by atoms with E-state index in [4.69, 9.17) is 5.11 Å². The third-order valence-electron chi connectivity index (χ3n) is 4.47. The highest BCUT2D eigenvalue weighted by Crippen LogP contribution is 2.26. The Morgan fingerprint density at radius 2 is 1.15 bits per heavy atom. The molecule has 1 saturated carbocycles. The van der Waals surface area contributed by atoms with Crippen LogP contribution in [0.15, 0.2) is 0 Å². The Bertz CT molecular complexity index is 215. The van der Waals surface area contributed by atoms with Crippen molar-refractivity contribution in [2.45, 2.75) is 95.6 Å². The first-order chi connectivity index (χ1) is 9.77. The molecule has 120 valence electrons. The molecular weight excluding hydrogens is 250 g/mol. The average Bonchev–Trinajstić information content (AvgIpc) is 2.87. The van der Waals surface area contributed by atoms with Crippen molar-refractivity contribution < 1.29 is 10.2 Å². The molecule has 0 aromatic heterocycles. The summed E-state index contributed by atoms with van der Waals surface area (Å²) in [6, 6.07) is 0. The Balaban J connectivity index is 1.74. The third kappa shape index (κ3) is 8.93. The van der Waals surface area contributed by atoms with Crippen LogP contribution in [0.5, 0.6) is 0 Å². The van der Waals surface area contributed by atoms with Crippen molar-refractivity contribution in [3.8, 4) is 0 Å². The second kappa shape index (κ2) is 11.5. The molecule has 20 heavy (non-hydrogen) atoms. The summed E-state index contributed by atoms with van der Waals surface area (Å²) < 4.78 is 0. The molecule has 3 heteroatoms. The molecule has 3 N–H and O–H groups in total. The maximum atomic E-state index is 10.1. The van der Waals surface area contributed by atoms with Gasteiger partial charge in [0.25, 0.3) is 0 Å². The fourth-order valence-electron chi connectivity index (χ4n) is 3.11. The maximum Gasteiger partial charge on any atom is 0.116 e. The highest BCUT2D eigenvalue weighted by atomic mass is 16.3. The van der Waals surface area contributed by atoms with Crippen molar-refractivity contribution in [3.05, 3.63) is 0 Å². The van der Waals surface area contributed by atoms with Crippen LogP contribution in [0.2, 0.25) is 0 Å².